The predicted octanol–water partition coefficient (Wildman–Crippen LogP) is -3.43. The molecule has 0 bridgehead atoms. The lowest BCUT2D eigenvalue weighted by Crippen LogP contribution is -2.55. The number of nitrogens with zero attached hydrogens (tertiary/aromatic N) is 4. The van der Waals surface area contributed by atoms with Gasteiger partial charge in [-0.2, -0.15) is 0 Å². The van der Waals surface area contributed by atoms with Crippen LogP contribution in [0.5, 0.6) is 0 Å². The largest absolute Gasteiger partial charge is 0.355 e. The van der Waals surface area contributed by atoms with Gasteiger partial charge in [0.1, 0.15) is 146 Å². The molecule has 0 aliphatic rings. The number of hydrogen-bond donors (Lipinski definition) is 6. The lowest BCUT2D eigenvalue weighted by molar-refractivity contribution is -0.188. The topological polar surface area (TPSA) is 500 Å². The predicted molar refractivity (Wildman–Crippen MR) is 369 cm³/mol. The number of nitrogens with one attached hydrogen (secondary N) is 6. The van der Waals surface area contributed by atoms with Crippen LogP contribution in [0.15, 0.2) is 0 Å². The number of ketones is 3. The fourth-order valence-corrected chi connectivity index (χ4v) is 8.51. The Morgan fingerprint density at radius 2 is 0.500 bits per heavy atom. The van der Waals surface area contributed by atoms with Gasteiger partial charge >= 0.3 is 0 Å². The number of ether oxygens (including phenoxy) is 8. The Kier molecular flexibility index (Phi) is 35.7. The Bertz CT molecular complexity index is 2900. The summed E-state index contributed by atoms with van der Waals surface area (Å²) in [6.07, 6.45) is -9.62. The average molecular weight is 1520 g/mol. The molecule has 0 rings (SSSR count). The van der Waals surface area contributed by atoms with Crippen LogP contribution in [-0.4, -0.2) is 305 Å². The van der Waals surface area contributed by atoms with Crippen LogP contribution in [0, 0.1) is 16.2 Å². The molecular weight excluding hydrogens is 1400 g/mol. The van der Waals surface area contributed by atoms with Crippen LogP contribution in [0.1, 0.15) is 140 Å². The minimum Gasteiger partial charge on any atom is -0.355 e. The first-order chi connectivity index (χ1) is 51.5. The molecule has 0 aliphatic carbocycles. The van der Waals surface area contributed by atoms with Gasteiger partial charge in [-0.1, -0.05) is 27.7 Å². The van der Waals surface area contributed by atoms with E-state index < -0.39 is 315 Å². The quantitative estimate of drug-likeness (QED) is 0.0196. The highest BCUT2D eigenvalue weighted by atomic mass is 16.7. The summed E-state index contributed by atoms with van der Waals surface area (Å²) >= 11 is 0. The van der Waals surface area contributed by atoms with Crippen molar-refractivity contribution >= 4 is 120 Å². The van der Waals surface area contributed by atoms with Crippen molar-refractivity contribution in [2.24, 2.45) is 16.2 Å². The minimum atomic E-state index is -1.86. The lowest BCUT2D eigenvalue weighted by Gasteiger charge is -2.33. The van der Waals surface area contributed by atoms with Crippen LogP contribution in [0.4, 0.5) is 0 Å². The molecular formula is C68H108N10O28. The maximum absolute atomic E-state index is 13.8. The Labute approximate surface area is 626 Å². The average Bonchev–Trinajstić information content (AvgIpc) is 0.861. The van der Waals surface area contributed by atoms with E-state index in [-0.39, 0.29) is 0 Å². The van der Waals surface area contributed by atoms with Crippen molar-refractivity contribution in [3.8, 4) is 0 Å². The van der Waals surface area contributed by atoms with Gasteiger partial charge in [-0.25, -0.2) is 0 Å². The molecule has 0 fully saturated rings. The van der Waals surface area contributed by atoms with Gasteiger partial charge < -0.3 is 123 Å². The molecule has 0 saturated heterocycles. The minimum absolute atomic E-state index is 0.499. The van der Waals surface area contributed by atoms with Crippen LogP contribution < -0.4 is 31.9 Å². The summed E-state index contributed by atoms with van der Waals surface area (Å²) in [7, 11) is 0. The summed E-state index contributed by atoms with van der Waals surface area (Å²) in [5.41, 5.74) is -15.3. The molecule has 0 aromatic heterocycles. The molecule has 598 valence electrons. The van der Waals surface area contributed by atoms with Gasteiger partial charge in [-0.15, -0.1) is 0 Å². The smallest absolute Gasteiger partial charge is 0.249 e. The van der Waals surface area contributed by atoms with E-state index >= 15 is 0 Å². The molecule has 10 amide bonds. The van der Waals surface area contributed by atoms with E-state index in [4.69, 9.17) is 47.5 Å². The van der Waals surface area contributed by atoms with Crippen LogP contribution in [0.2, 0.25) is 0 Å². The first kappa shape index (κ1) is 84.3. The Morgan fingerprint density at radius 1 is 0.302 bits per heavy atom. The van der Waals surface area contributed by atoms with Gasteiger partial charge in [0.15, 0.2) is 17.3 Å². The standard InChI is InChI=1S/C68H108N10O28/c1-47(86)67(16,17)74-55(94)27-78(26-54(93)73-66(14,15)38-85)59(98)31-102-46-106-42-68(39-103-43-99-28-56(95)75(20-48(87)18-60(2,3)32-79)22-50(89)69-62(6,7)34-81,40-104-44-100-29-57(96)76(21-49(88)19-61(4,5)33-80)23-51(90)70-63(8,9)35-82)41-105-45-101-30-58(97)77(24-52(91)71-64(10,11)36-83)25-53(92)72-65(12,13)37-84/h32-38H,18-31,39-46H2,1-17H3,(H,69,89)(H,70,90)(H,71,91)(H,72,92)(H,73,93)(H,74,94)/i32D,33D,34D,35D,36D,37D,38D. The third-order valence-electron chi connectivity index (χ3n) is 14.1. The number of hydrogen-bond acceptors (Lipinski definition) is 28. The maximum Gasteiger partial charge on any atom is 0.249 e. The highest BCUT2D eigenvalue weighted by Crippen LogP contribution is 2.23. The normalized spacial score (nSPS) is 13.1. The van der Waals surface area contributed by atoms with Gasteiger partial charge in [0.2, 0.25) is 59.1 Å². The van der Waals surface area contributed by atoms with E-state index in [1.54, 1.807) is 0 Å². The Morgan fingerprint density at radius 3 is 0.689 bits per heavy atom. The Balaban J connectivity index is 7.96. The number of Topliss-reactive ketones (excluding diaryl/α,β-unsaturated/α-hetero) is 3. The number of rotatable bonds is 58. The first-order valence-electron chi connectivity index (χ1n) is 36.2. The summed E-state index contributed by atoms with van der Waals surface area (Å²) in [6.45, 7) is 3.04. The second kappa shape index (κ2) is 44.9. The second-order valence-electron chi connectivity index (χ2n) is 29.3. The fraction of sp³-hybridized carbons (Fsp3) is 0.706. The monoisotopic (exact) mass is 1520 g/mol. The molecule has 0 aromatic rings. The van der Waals surface area contributed by atoms with Crippen molar-refractivity contribution in [3.05, 3.63) is 0 Å². The van der Waals surface area contributed by atoms with E-state index in [1.165, 1.54) is 118 Å². The zero-order valence-corrected chi connectivity index (χ0v) is 63.3. The summed E-state index contributed by atoms with van der Waals surface area (Å²) < 4.78 is 98.3. The highest BCUT2D eigenvalue weighted by molar-refractivity contribution is 5.96. The third-order valence-corrected chi connectivity index (χ3v) is 14.1. The molecule has 0 atom stereocenters. The third kappa shape index (κ3) is 41.7. The first-order valence-corrected chi connectivity index (χ1v) is 32.7. The molecule has 38 nitrogen and oxygen atoms in total. The van der Waals surface area contributed by atoms with E-state index in [2.05, 4.69) is 31.9 Å². The summed E-state index contributed by atoms with van der Waals surface area (Å²) in [5, 5.41) is 13.7. The van der Waals surface area contributed by atoms with E-state index in [0.717, 1.165) is 0 Å². The van der Waals surface area contributed by atoms with Crippen LogP contribution in [0.25, 0.3) is 0 Å². The molecule has 6 N–H and O–H groups in total. The molecule has 0 heterocycles. The number of amides is 10. The van der Waals surface area contributed by atoms with Crippen LogP contribution in [-0.2, 0) is 134 Å². The molecule has 106 heavy (non-hydrogen) atoms. The van der Waals surface area contributed by atoms with Crippen molar-refractivity contribution < 1.29 is 143 Å². The van der Waals surface area contributed by atoms with E-state index in [0.29, 0.717) is 19.6 Å². The van der Waals surface area contributed by atoms with Crippen molar-refractivity contribution in [2.45, 2.75) is 164 Å². The zero-order chi connectivity index (χ0) is 87.8. The molecule has 0 aromatic carbocycles. The van der Waals surface area contributed by atoms with Gasteiger partial charge in [0.05, 0.1) is 78.2 Å². The maximum atomic E-state index is 13.8. The molecule has 0 saturated carbocycles. The van der Waals surface area contributed by atoms with Gasteiger partial charge in [0, 0.05) is 23.7 Å². The van der Waals surface area contributed by atoms with Crippen molar-refractivity contribution in [2.75, 3.05) is 132 Å². The van der Waals surface area contributed by atoms with Crippen LogP contribution in [0.3, 0.4) is 0 Å². The molecule has 0 spiro atoms. The summed E-state index contributed by atoms with van der Waals surface area (Å²) in [5.74, 6) is -12.6. The SMILES string of the molecule is [2H]C(=O)C(C)(C)CC(=O)CN(CC(=O)NC(C)(C)C([2H])=O)C(=O)COCOCC(COCOCC(=O)N(CC(=O)CC(C)(C)C([2H])=O)CC(=O)NC(C)(C)C([2H])=O)(COCOCC(=O)N(CC(=O)NC(C)(C)C([2H])=O)CC(=O)NC(C)(C)C([2H])=O)COCOCC(=O)N(CC(=O)NC(C)(C)C([2H])=O)CC(=O)NC(C)(C)C(C)=O. The second-order valence-corrected chi connectivity index (χ2v) is 29.3. The number of carbonyl (C=O) groups excluding carboxylic acids is 20. The molecule has 38 heteroatoms. The summed E-state index contributed by atoms with van der Waals surface area (Å²) in [6, 6.07) is 0. The Hall–Kier alpha value is -8.92. The fourth-order valence-electron chi connectivity index (χ4n) is 8.51. The highest BCUT2D eigenvalue weighted by Gasteiger charge is 2.37. The number of carbonyl (C=O) groups is 20. The van der Waals surface area contributed by atoms with Crippen molar-refractivity contribution in [1.82, 2.24) is 51.5 Å². The molecule has 0 unspecified atom stereocenters. The zero-order valence-electron chi connectivity index (χ0n) is 70.3. The molecule has 0 radical (unpaired) electrons. The van der Waals surface area contributed by atoms with E-state index in [1.807, 2.05) is 0 Å². The van der Waals surface area contributed by atoms with Crippen LogP contribution >= 0.6 is 0 Å². The van der Waals surface area contributed by atoms with Crippen molar-refractivity contribution in [3.63, 3.8) is 0 Å². The summed E-state index contributed by atoms with van der Waals surface area (Å²) in [4.78, 5) is 260. The van der Waals surface area contributed by atoms with Crippen molar-refractivity contribution in [1.29, 1.82) is 0 Å². The van der Waals surface area contributed by atoms with Gasteiger partial charge in [-0.3, -0.25) is 62.3 Å². The molecule has 0 aliphatic heterocycles. The van der Waals surface area contributed by atoms with Gasteiger partial charge in [-0.05, 0) is 90.0 Å². The lowest BCUT2D eigenvalue weighted by atomic mass is 9.89. The number of aldehydes is 7. The van der Waals surface area contributed by atoms with E-state index in [9.17, 15) is 95.9 Å². The van der Waals surface area contributed by atoms with Gasteiger partial charge in [0.25, 0.3) is 0 Å².